The predicted molar refractivity (Wildman–Crippen MR) is 102 cm³/mol. The third-order valence-corrected chi connectivity index (χ3v) is 5.27. The molecule has 2 aromatic heterocycles. The van der Waals surface area contributed by atoms with Crippen LogP contribution < -0.4 is 10.6 Å². The molecule has 0 unspecified atom stereocenters. The molecule has 3 N–H and O–H groups in total. The number of alkyl halides is 3. The second-order valence-corrected chi connectivity index (χ2v) is 7.58. The van der Waals surface area contributed by atoms with Crippen LogP contribution in [0.4, 0.5) is 32.4 Å². The fourth-order valence-corrected chi connectivity index (χ4v) is 3.54. The van der Waals surface area contributed by atoms with Crippen molar-refractivity contribution in [2.75, 3.05) is 5.32 Å². The van der Waals surface area contributed by atoms with Gasteiger partial charge in [0, 0.05) is 22.9 Å². The summed E-state index contributed by atoms with van der Waals surface area (Å²) in [7, 11) is 0. The van der Waals surface area contributed by atoms with Crippen molar-refractivity contribution in [1.82, 2.24) is 15.3 Å². The van der Waals surface area contributed by atoms with Gasteiger partial charge in [-0.15, -0.1) is 0 Å². The Morgan fingerprint density at radius 3 is 2.47 bits per heavy atom. The smallest absolute Gasteiger partial charge is 0.416 e. The zero-order valence-corrected chi connectivity index (χ0v) is 16.5. The molecule has 1 fully saturated rings. The molecule has 32 heavy (non-hydrogen) atoms. The molecule has 12 heteroatoms. The van der Waals surface area contributed by atoms with Crippen LogP contribution >= 0.6 is 0 Å². The fraction of sp³-hybridized carbons (Fsp3) is 0.350. The highest BCUT2D eigenvalue weighted by Gasteiger charge is 2.45. The molecule has 0 saturated heterocycles. The summed E-state index contributed by atoms with van der Waals surface area (Å²) < 4.78 is 73.6. The molecule has 2 amide bonds. The summed E-state index contributed by atoms with van der Waals surface area (Å²) in [5.41, 5.74) is -0.654. The molecule has 0 spiro atoms. The zero-order chi connectivity index (χ0) is 23.2. The topological polar surface area (TPSA) is 100 Å². The van der Waals surface area contributed by atoms with E-state index in [2.05, 4.69) is 15.3 Å². The number of benzene rings is 1. The molecule has 3 aromatic rings. The number of amides is 2. The number of aryl methyl sites for hydroxylation is 1. The normalized spacial score (nSPS) is 19.5. The Bertz CT molecular complexity index is 1160. The van der Waals surface area contributed by atoms with E-state index in [-0.39, 0.29) is 22.6 Å². The molecule has 1 aromatic carbocycles. The molecule has 1 aliphatic rings. The zero-order valence-electron chi connectivity index (χ0n) is 16.5. The van der Waals surface area contributed by atoms with E-state index in [9.17, 15) is 31.9 Å². The first kappa shape index (κ1) is 21.9. The first-order valence-corrected chi connectivity index (χ1v) is 9.55. The Kier molecular flexibility index (Phi) is 5.49. The Hall–Kier alpha value is -3.28. The SMILES string of the molecule is Cc1c([C@@H](NC(=O)Nc2cnc(C3CC(O)C3)nc2)C(F)(F)F)oc2c(F)cc(F)cc12. The summed E-state index contributed by atoms with van der Waals surface area (Å²) in [5.74, 6) is -2.44. The number of hydrogen-bond donors (Lipinski definition) is 3. The predicted octanol–water partition coefficient (Wildman–Crippen LogP) is 4.47. The molecule has 1 aliphatic carbocycles. The largest absolute Gasteiger partial charge is 0.455 e. The van der Waals surface area contributed by atoms with Crippen LogP contribution in [0.15, 0.2) is 28.9 Å². The highest BCUT2D eigenvalue weighted by molar-refractivity contribution is 5.89. The first-order valence-electron chi connectivity index (χ1n) is 9.55. The summed E-state index contributed by atoms with van der Waals surface area (Å²) >= 11 is 0. The molecule has 170 valence electrons. The van der Waals surface area contributed by atoms with Crippen molar-refractivity contribution in [2.24, 2.45) is 0 Å². The molecule has 7 nitrogen and oxygen atoms in total. The van der Waals surface area contributed by atoms with Crippen molar-refractivity contribution in [2.45, 2.75) is 44.0 Å². The number of fused-ring (bicyclic) bond motifs is 1. The Labute approximate surface area is 177 Å². The number of carbonyl (C=O) groups excluding carboxylic acids is 1. The molecule has 0 bridgehead atoms. The van der Waals surface area contributed by atoms with Gasteiger partial charge in [0.2, 0.25) is 0 Å². The minimum absolute atomic E-state index is 0.0104. The fourth-order valence-electron chi connectivity index (χ4n) is 3.54. The summed E-state index contributed by atoms with van der Waals surface area (Å²) in [6.07, 6.45) is -1.89. The monoisotopic (exact) mass is 456 g/mol. The second-order valence-electron chi connectivity index (χ2n) is 7.58. The van der Waals surface area contributed by atoms with E-state index < -0.39 is 47.3 Å². The van der Waals surface area contributed by atoms with E-state index >= 15 is 0 Å². The van der Waals surface area contributed by atoms with Crippen molar-refractivity contribution in [3.63, 3.8) is 0 Å². The van der Waals surface area contributed by atoms with Gasteiger partial charge in [0.25, 0.3) is 0 Å². The third-order valence-electron chi connectivity index (χ3n) is 5.27. The molecule has 1 saturated carbocycles. The molecule has 4 rings (SSSR count). The Morgan fingerprint density at radius 1 is 1.22 bits per heavy atom. The van der Waals surface area contributed by atoms with Gasteiger partial charge in [-0.25, -0.2) is 23.5 Å². The number of aromatic nitrogens is 2. The quantitative estimate of drug-likeness (QED) is 0.503. The number of anilines is 1. The second kappa shape index (κ2) is 8.01. The van der Waals surface area contributed by atoms with E-state index in [0.29, 0.717) is 24.7 Å². The lowest BCUT2D eigenvalue weighted by Gasteiger charge is -2.29. The number of aliphatic hydroxyl groups excluding tert-OH is 1. The summed E-state index contributed by atoms with van der Waals surface area (Å²) in [6.45, 7) is 1.21. The number of aliphatic hydroxyl groups is 1. The molecule has 2 heterocycles. The summed E-state index contributed by atoms with van der Waals surface area (Å²) in [6, 6.07) is -2.50. The number of carbonyl (C=O) groups is 1. The van der Waals surface area contributed by atoms with Gasteiger partial charge in [0.05, 0.1) is 24.2 Å². The van der Waals surface area contributed by atoms with Crippen molar-refractivity contribution >= 4 is 22.7 Å². The standard InChI is InChI=1S/C20H17F5N4O3/c1-8-13-4-10(21)5-14(22)16(13)32-15(8)17(20(23,24)25)29-19(31)28-11-6-26-18(27-7-11)9-2-12(30)3-9/h4-7,9,12,17,30H,2-3H2,1H3,(H2,28,29,31)/t9?,12?,17-/m1/s1. The third kappa shape index (κ3) is 4.22. The van der Waals surface area contributed by atoms with Crippen LogP contribution in [0.25, 0.3) is 11.0 Å². The van der Waals surface area contributed by atoms with Crippen molar-refractivity contribution in [3.05, 3.63) is 53.3 Å². The van der Waals surface area contributed by atoms with Crippen molar-refractivity contribution in [3.8, 4) is 0 Å². The molecular formula is C20H17F5N4O3. The molecule has 0 radical (unpaired) electrons. The minimum Gasteiger partial charge on any atom is -0.455 e. The van der Waals surface area contributed by atoms with Crippen LogP contribution in [-0.2, 0) is 0 Å². The van der Waals surface area contributed by atoms with E-state index in [1.807, 2.05) is 0 Å². The van der Waals surface area contributed by atoms with Gasteiger partial charge in [-0.3, -0.25) is 0 Å². The van der Waals surface area contributed by atoms with Gasteiger partial charge in [0.15, 0.2) is 17.4 Å². The van der Waals surface area contributed by atoms with Gasteiger partial charge in [-0.2, -0.15) is 13.2 Å². The lowest BCUT2D eigenvalue weighted by Crippen LogP contribution is -2.40. The molecule has 0 aliphatic heterocycles. The van der Waals surface area contributed by atoms with Gasteiger partial charge < -0.3 is 20.2 Å². The number of hydrogen-bond acceptors (Lipinski definition) is 5. The number of urea groups is 1. The van der Waals surface area contributed by atoms with Crippen molar-refractivity contribution in [1.29, 1.82) is 0 Å². The van der Waals surface area contributed by atoms with E-state index in [1.54, 1.807) is 5.32 Å². The molecule has 1 atom stereocenters. The number of nitrogens with zero attached hydrogens (tertiary/aromatic N) is 2. The van der Waals surface area contributed by atoms with Gasteiger partial charge >= 0.3 is 12.2 Å². The number of nitrogens with one attached hydrogen (secondary N) is 2. The lowest BCUT2D eigenvalue weighted by atomic mass is 9.82. The van der Waals surface area contributed by atoms with Crippen LogP contribution in [0.5, 0.6) is 0 Å². The van der Waals surface area contributed by atoms with Crippen LogP contribution in [0, 0.1) is 18.6 Å². The minimum atomic E-state index is -4.99. The maximum Gasteiger partial charge on any atom is 0.416 e. The maximum absolute atomic E-state index is 13.9. The average Bonchev–Trinajstić information content (AvgIpc) is 3.00. The van der Waals surface area contributed by atoms with Gasteiger partial charge in [-0.05, 0) is 25.8 Å². The summed E-state index contributed by atoms with van der Waals surface area (Å²) in [4.78, 5) is 20.3. The van der Waals surface area contributed by atoms with Crippen LogP contribution in [0.1, 0.15) is 41.9 Å². The highest BCUT2D eigenvalue weighted by atomic mass is 19.4. The number of halogens is 5. The van der Waals surface area contributed by atoms with Crippen LogP contribution in [-0.4, -0.2) is 33.4 Å². The van der Waals surface area contributed by atoms with Gasteiger partial charge in [0.1, 0.15) is 17.4 Å². The summed E-state index contributed by atoms with van der Waals surface area (Å²) in [5, 5.41) is 13.1. The first-order chi connectivity index (χ1) is 15.0. The van der Waals surface area contributed by atoms with Crippen molar-refractivity contribution < 1.29 is 36.3 Å². The average molecular weight is 456 g/mol. The van der Waals surface area contributed by atoms with Crippen LogP contribution in [0.3, 0.4) is 0 Å². The maximum atomic E-state index is 13.9. The van der Waals surface area contributed by atoms with Gasteiger partial charge in [-0.1, -0.05) is 0 Å². The van der Waals surface area contributed by atoms with E-state index in [1.165, 1.54) is 19.3 Å². The molecular weight excluding hydrogens is 439 g/mol. The van der Waals surface area contributed by atoms with E-state index in [4.69, 9.17) is 4.42 Å². The number of rotatable bonds is 4. The van der Waals surface area contributed by atoms with Crippen LogP contribution in [0.2, 0.25) is 0 Å². The highest BCUT2D eigenvalue weighted by Crippen LogP contribution is 2.39. The lowest BCUT2D eigenvalue weighted by molar-refractivity contribution is -0.158. The number of furan rings is 1. The Balaban J connectivity index is 1.53. The Morgan fingerprint density at radius 2 is 1.88 bits per heavy atom. The van der Waals surface area contributed by atoms with E-state index in [0.717, 1.165) is 6.07 Å².